The Kier molecular flexibility index (Phi) is 3.32. The first-order chi connectivity index (χ1) is 7.75. The van der Waals surface area contributed by atoms with E-state index in [1.807, 2.05) is 18.2 Å². The number of ketones is 1. The quantitative estimate of drug-likeness (QED) is 0.782. The minimum atomic E-state index is 0.0563. The van der Waals surface area contributed by atoms with E-state index in [0.717, 1.165) is 5.56 Å². The molecule has 2 aromatic carbocycles. The van der Waals surface area contributed by atoms with Gasteiger partial charge in [-0.3, -0.25) is 4.79 Å². The summed E-state index contributed by atoms with van der Waals surface area (Å²) in [6.45, 7) is 2.21. The highest BCUT2D eigenvalue weighted by Gasteiger charge is 1.97. The molecule has 0 aromatic heterocycles. The zero-order valence-corrected chi connectivity index (χ0v) is 9.27. The highest BCUT2D eigenvalue weighted by atomic mass is 16.5. The van der Waals surface area contributed by atoms with Crippen LogP contribution in [0.3, 0.4) is 0 Å². The van der Waals surface area contributed by atoms with Crippen molar-refractivity contribution < 1.29 is 9.53 Å². The van der Waals surface area contributed by atoms with Gasteiger partial charge in [0.2, 0.25) is 0 Å². The second kappa shape index (κ2) is 4.90. The fourth-order valence-electron chi connectivity index (χ4n) is 1.64. The first-order valence-electron chi connectivity index (χ1n) is 5.30. The number of fused-ring (bicyclic) bond motifs is 1. The molecule has 2 nitrogen and oxygen atoms in total. The van der Waals surface area contributed by atoms with Gasteiger partial charge in [0.1, 0.15) is 6.61 Å². The van der Waals surface area contributed by atoms with Crippen molar-refractivity contribution in [3.05, 3.63) is 48.0 Å². The summed E-state index contributed by atoms with van der Waals surface area (Å²) >= 11 is 0. The average molecular weight is 214 g/mol. The Bertz CT molecular complexity index is 503. The van der Waals surface area contributed by atoms with Crippen LogP contribution >= 0.6 is 0 Å². The molecule has 82 valence electrons. The molecule has 0 aliphatic heterocycles. The van der Waals surface area contributed by atoms with Gasteiger partial charge in [0.15, 0.2) is 5.78 Å². The maximum Gasteiger partial charge on any atom is 0.155 e. The maximum absolute atomic E-state index is 10.7. The van der Waals surface area contributed by atoms with Gasteiger partial charge in [0, 0.05) is 0 Å². The van der Waals surface area contributed by atoms with Crippen molar-refractivity contribution in [3.63, 3.8) is 0 Å². The van der Waals surface area contributed by atoms with Crippen LogP contribution < -0.4 is 0 Å². The lowest BCUT2D eigenvalue weighted by Gasteiger charge is -2.04. The van der Waals surface area contributed by atoms with Crippen LogP contribution in [0.5, 0.6) is 0 Å². The van der Waals surface area contributed by atoms with Crippen molar-refractivity contribution in [2.45, 2.75) is 13.5 Å². The molecule has 0 saturated carbocycles. The molecule has 0 fully saturated rings. The molecular weight excluding hydrogens is 200 g/mol. The standard InChI is InChI=1S/C14H14O2/c1-11(15)9-16-10-12-6-7-13-4-2-3-5-14(13)8-12/h2-8H,9-10H2,1H3. The fraction of sp³-hybridized carbons (Fsp3) is 0.214. The molecule has 0 atom stereocenters. The third-order valence-electron chi connectivity index (χ3n) is 2.39. The monoisotopic (exact) mass is 214 g/mol. The summed E-state index contributed by atoms with van der Waals surface area (Å²) in [7, 11) is 0. The van der Waals surface area contributed by atoms with E-state index < -0.39 is 0 Å². The van der Waals surface area contributed by atoms with Gasteiger partial charge < -0.3 is 4.74 Å². The molecular formula is C14H14O2. The molecule has 0 bridgehead atoms. The summed E-state index contributed by atoms with van der Waals surface area (Å²) in [6, 6.07) is 14.4. The number of rotatable bonds is 4. The topological polar surface area (TPSA) is 26.3 Å². The van der Waals surface area contributed by atoms with Crippen LogP contribution in [0, 0.1) is 0 Å². The van der Waals surface area contributed by atoms with Gasteiger partial charge >= 0.3 is 0 Å². The summed E-state index contributed by atoms with van der Waals surface area (Å²) in [5.41, 5.74) is 1.10. The summed E-state index contributed by atoms with van der Waals surface area (Å²) in [4.78, 5) is 10.7. The van der Waals surface area contributed by atoms with E-state index in [9.17, 15) is 4.79 Å². The summed E-state index contributed by atoms with van der Waals surface area (Å²) in [6.07, 6.45) is 0. The van der Waals surface area contributed by atoms with Crippen LogP contribution in [-0.2, 0) is 16.1 Å². The second-order valence-electron chi connectivity index (χ2n) is 3.88. The van der Waals surface area contributed by atoms with Crippen molar-refractivity contribution in [3.8, 4) is 0 Å². The van der Waals surface area contributed by atoms with Gasteiger partial charge in [-0.15, -0.1) is 0 Å². The predicted octanol–water partition coefficient (Wildman–Crippen LogP) is 2.95. The van der Waals surface area contributed by atoms with E-state index in [1.165, 1.54) is 17.7 Å². The molecule has 0 unspecified atom stereocenters. The number of hydrogen-bond donors (Lipinski definition) is 0. The van der Waals surface area contributed by atoms with E-state index in [0.29, 0.717) is 6.61 Å². The number of Topliss-reactive ketones (excluding diaryl/α,β-unsaturated/α-hetero) is 1. The second-order valence-corrected chi connectivity index (χ2v) is 3.88. The van der Waals surface area contributed by atoms with Crippen LogP contribution in [0.4, 0.5) is 0 Å². The van der Waals surface area contributed by atoms with Crippen LogP contribution in [0.2, 0.25) is 0 Å². The lowest BCUT2D eigenvalue weighted by atomic mass is 10.1. The van der Waals surface area contributed by atoms with Crippen molar-refractivity contribution in [1.82, 2.24) is 0 Å². The van der Waals surface area contributed by atoms with Gasteiger partial charge in [-0.05, 0) is 29.3 Å². The molecule has 0 spiro atoms. The molecule has 16 heavy (non-hydrogen) atoms. The Morgan fingerprint density at radius 3 is 2.62 bits per heavy atom. The minimum Gasteiger partial charge on any atom is -0.369 e. The number of benzene rings is 2. The number of carbonyl (C=O) groups is 1. The Hall–Kier alpha value is -1.67. The van der Waals surface area contributed by atoms with E-state index in [2.05, 4.69) is 24.3 Å². The first kappa shape index (κ1) is 10.8. The van der Waals surface area contributed by atoms with Gasteiger partial charge in [0.05, 0.1) is 6.61 Å². The molecule has 0 aliphatic rings. The molecule has 0 saturated heterocycles. The van der Waals surface area contributed by atoms with Crippen molar-refractivity contribution in [2.24, 2.45) is 0 Å². The predicted molar refractivity (Wildman–Crippen MR) is 64.3 cm³/mol. The minimum absolute atomic E-state index is 0.0563. The third kappa shape index (κ3) is 2.67. The lowest BCUT2D eigenvalue weighted by molar-refractivity contribution is -0.121. The molecule has 0 N–H and O–H groups in total. The van der Waals surface area contributed by atoms with E-state index in [1.54, 1.807) is 0 Å². The van der Waals surface area contributed by atoms with Gasteiger partial charge in [-0.1, -0.05) is 36.4 Å². The Balaban J connectivity index is 2.10. The first-order valence-corrected chi connectivity index (χ1v) is 5.30. The molecule has 2 aromatic rings. The average Bonchev–Trinajstić information content (AvgIpc) is 2.28. The lowest BCUT2D eigenvalue weighted by Crippen LogP contribution is -2.03. The van der Waals surface area contributed by atoms with E-state index >= 15 is 0 Å². The van der Waals surface area contributed by atoms with Crippen LogP contribution in [0.1, 0.15) is 12.5 Å². The zero-order chi connectivity index (χ0) is 11.4. The number of hydrogen-bond acceptors (Lipinski definition) is 2. The molecule has 0 amide bonds. The highest BCUT2D eigenvalue weighted by Crippen LogP contribution is 2.15. The number of carbonyl (C=O) groups excluding carboxylic acids is 1. The smallest absolute Gasteiger partial charge is 0.155 e. The van der Waals surface area contributed by atoms with E-state index in [-0.39, 0.29) is 12.4 Å². The summed E-state index contributed by atoms with van der Waals surface area (Å²) in [5.74, 6) is 0.0563. The Morgan fingerprint density at radius 1 is 1.12 bits per heavy atom. The maximum atomic E-state index is 10.7. The molecule has 2 rings (SSSR count). The zero-order valence-electron chi connectivity index (χ0n) is 9.27. The normalized spacial score (nSPS) is 10.6. The fourth-order valence-corrected chi connectivity index (χ4v) is 1.64. The molecule has 0 radical (unpaired) electrons. The Morgan fingerprint density at radius 2 is 1.88 bits per heavy atom. The van der Waals surface area contributed by atoms with Crippen molar-refractivity contribution >= 4 is 16.6 Å². The molecule has 0 aliphatic carbocycles. The van der Waals surface area contributed by atoms with Crippen LogP contribution in [0.15, 0.2) is 42.5 Å². The van der Waals surface area contributed by atoms with Crippen LogP contribution in [0.25, 0.3) is 10.8 Å². The van der Waals surface area contributed by atoms with Gasteiger partial charge in [-0.2, -0.15) is 0 Å². The van der Waals surface area contributed by atoms with Crippen molar-refractivity contribution in [2.75, 3.05) is 6.61 Å². The largest absolute Gasteiger partial charge is 0.369 e. The summed E-state index contributed by atoms with van der Waals surface area (Å²) in [5, 5.41) is 2.42. The highest BCUT2D eigenvalue weighted by molar-refractivity contribution is 5.83. The SMILES string of the molecule is CC(=O)COCc1ccc2ccccc2c1. The number of ether oxygens (including phenoxy) is 1. The summed E-state index contributed by atoms with van der Waals surface area (Å²) < 4.78 is 5.28. The van der Waals surface area contributed by atoms with E-state index in [4.69, 9.17) is 4.74 Å². The Labute approximate surface area is 94.8 Å². The van der Waals surface area contributed by atoms with Gasteiger partial charge in [0.25, 0.3) is 0 Å². The van der Waals surface area contributed by atoms with Gasteiger partial charge in [-0.25, -0.2) is 0 Å². The third-order valence-corrected chi connectivity index (χ3v) is 2.39. The van der Waals surface area contributed by atoms with Crippen LogP contribution in [-0.4, -0.2) is 12.4 Å². The molecule has 0 heterocycles. The van der Waals surface area contributed by atoms with Crippen molar-refractivity contribution in [1.29, 1.82) is 0 Å². The molecule has 2 heteroatoms.